The number of hydrogen-bond acceptors (Lipinski definition) is 6. The predicted molar refractivity (Wildman–Crippen MR) is 166 cm³/mol. The molecule has 39 heavy (non-hydrogen) atoms. The van der Waals surface area contributed by atoms with Gasteiger partial charge in [-0.1, -0.05) is 45.8 Å². The van der Waals surface area contributed by atoms with Gasteiger partial charge in [-0.25, -0.2) is 0 Å². The Morgan fingerprint density at radius 1 is 0.846 bits per heavy atom. The molecule has 1 N–H and O–H groups in total. The van der Waals surface area contributed by atoms with E-state index in [1.54, 1.807) is 0 Å². The highest BCUT2D eigenvalue weighted by Crippen LogP contribution is 2.41. The number of carboxylic acid groups (broad SMARTS) is 1. The summed E-state index contributed by atoms with van der Waals surface area (Å²) in [4.78, 5) is 24.0. The molecule has 1 aliphatic rings. The van der Waals surface area contributed by atoms with Crippen LogP contribution in [0.5, 0.6) is 0 Å². The first-order chi connectivity index (χ1) is 17.9. The lowest BCUT2D eigenvalue weighted by atomic mass is 9.83. The highest BCUT2D eigenvalue weighted by Gasteiger charge is 2.55. The smallest absolute Gasteiger partial charge is 0.310 e. The van der Waals surface area contributed by atoms with E-state index in [0.717, 1.165) is 12.8 Å². The average molecular weight is 603 g/mol. The molecule has 0 aromatic carbocycles. The van der Waals surface area contributed by atoms with E-state index in [1.165, 1.54) is 18.9 Å². The number of allylic oxidation sites excluding steroid dienone is 2. The van der Waals surface area contributed by atoms with Crippen LogP contribution in [0, 0.1) is 11.8 Å². The molecule has 228 valence electrons. The van der Waals surface area contributed by atoms with E-state index in [1.807, 2.05) is 12.2 Å². The molecule has 0 spiro atoms. The van der Waals surface area contributed by atoms with Crippen LogP contribution in [0.3, 0.4) is 0 Å². The number of carboxylic acids is 1. The zero-order valence-electron chi connectivity index (χ0n) is 26.8. The summed E-state index contributed by atoms with van der Waals surface area (Å²) >= 11 is 0. The summed E-state index contributed by atoms with van der Waals surface area (Å²) in [6.07, 6.45) is 9.30. The molecule has 0 radical (unpaired) electrons. The molecule has 0 aromatic rings. The van der Waals surface area contributed by atoms with Gasteiger partial charge in [-0.2, -0.15) is 0 Å². The molecule has 0 bridgehead atoms. The van der Waals surface area contributed by atoms with Gasteiger partial charge in [0.2, 0.25) is 16.6 Å². The summed E-state index contributed by atoms with van der Waals surface area (Å²) in [6.45, 7) is 25.4. The van der Waals surface area contributed by atoms with Gasteiger partial charge in [-0.15, -0.1) is 0 Å². The number of esters is 1. The molecule has 0 aromatic heterocycles. The van der Waals surface area contributed by atoms with Crippen molar-refractivity contribution < 1.29 is 32.7 Å². The highest BCUT2D eigenvalue weighted by atomic mass is 28.4. The number of hydrogen-bond donors (Lipinski definition) is 1. The Hall–Kier alpha value is -0.789. The quantitative estimate of drug-likeness (QED) is 0.0753. The van der Waals surface area contributed by atoms with Crippen molar-refractivity contribution in [3.8, 4) is 0 Å². The summed E-state index contributed by atoms with van der Waals surface area (Å²) in [7, 11) is -6.49. The Bertz CT molecular complexity index is 820. The van der Waals surface area contributed by atoms with E-state index in [0.29, 0.717) is 25.9 Å². The summed E-state index contributed by atoms with van der Waals surface area (Å²) in [5, 5.41) is 8.74. The summed E-state index contributed by atoms with van der Waals surface area (Å²) < 4.78 is 26.2. The standard InChI is InChI=1S/C29H58O7Si3/c1-12-15-23-37(6,7)36-29(13-2,14-3)39(10,11)35-28(4,5)38(8,9)34-22-18-21-33-27(32)25-20-17-16-19-24(25)26(30)31/h16-17,24-25H,12-15,18-23H2,1-11H3,(H,30,31). The van der Waals surface area contributed by atoms with Crippen molar-refractivity contribution in [2.75, 3.05) is 13.2 Å². The molecule has 0 aliphatic heterocycles. The Morgan fingerprint density at radius 2 is 1.41 bits per heavy atom. The summed E-state index contributed by atoms with van der Waals surface area (Å²) in [5.41, 5.74) is 0. The molecule has 7 nitrogen and oxygen atoms in total. The summed E-state index contributed by atoms with van der Waals surface area (Å²) in [6, 6.07) is 1.17. The molecular weight excluding hydrogens is 545 g/mol. The average Bonchev–Trinajstić information content (AvgIpc) is 2.84. The maximum atomic E-state index is 12.5. The van der Waals surface area contributed by atoms with Gasteiger partial charge in [0, 0.05) is 13.0 Å². The van der Waals surface area contributed by atoms with Crippen molar-refractivity contribution >= 4 is 36.9 Å². The normalized spacial score (nSPS) is 19.3. The maximum absolute atomic E-state index is 12.5. The number of unbranched alkanes of at least 4 members (excludes halogenated alkanes) is 1. The van der Waals surface area contributed by atoms with Gasteiger partial charge >= 0.3 is 11.9 Å². The second-order valence-electron chi connectivity index (χ2n) is 13.2. The van der Waals surface area contributed by atoms with E-state index in [4.69, 9.17) is 18.0 Å². The molecule has 2 unspecified atom stereocenters. The van der Waals surface area contributed by atoms with E-state index < -0.39 is 54.0 Å². The van der Waals surface area contributed by atoms with Gasteiger partial charge in [0.1, 0.15) is 0 Å². The first-order valence-electron chi connectivity index (χ1n) is 15.0. The van der Waals surface area contributed by atoms with Crippen LogP contribution in [0.15, 0.2) is 12.2 Å². The molecular formula is C29H58O7Si3. The first-order valence-corrected chi connectivity index (χ1v) is 23.9. The third-order valence-electron chi connectivity index (χ3n) is 8.85. The molecule has 0 saturated heterocycles. The second-order valence-corrected chi connectivity index (χ2v) is 26.0. The minimum atomic E-state index is -2.34. The zero-order chi connectivity index (χ0) is 30.1. The van der Waals surface area contributed by atoms with Gasteiger partial charge in [0.25, 0.3) is 0 Å². The lowest BCUT2D eigenvalue weighted by Crippen LogP contribution is -2.67. The highest BCUT2D eigenvalue weighted by molar-refractivity contribution is 6.80. The monoisotopic (exact) mass is 602 g/mol. The molecule has 1 aliphatic carbocycles. The Labute approximate surface area is 241 Å². The van der Waals surface area contributed by atoms with Crippen LogP contribution in [0.25, 0.3) is 0 Å². The summed E-state index contributed by atoms with van der Waals surface area (Å²) in [5.74, 6) is -2.70. The minimum absolute atomic E-state index is 0.220. The van der Waals surface area contributed by atoms with Crippen LogP contribution in [0.1, 0.15) is 79.6 Å². The minimum Gasteiger partial charge on any atom is -0.481 e. The van der Waals surface area contributed by atoms with Gasteiger partial charge < -0.3 is 23.1 Å². The second kappa shape index (κ2) is 14.9. The lowest BCUT2D eigenvalue weighted by molar-refractivity contribution is -0.158. The van der Waals surface area contributed by atoms with Gasteiger partial charge in [-0.3, -0.25) is 9.59 Å². The van der Waals surface area contributed by atoms with Crippen LogP contribution >= 0.6 is 0 Å². The van der Waals surface area contributed by atoms with Crippen molar-refractivity contribution in [1.29, 1.82) is 0 Å². The van der Waals surface area contributed by atoms with E-state index in [-0.39, 0.29) is 11.8 Å². The van der Waals surface area contributed by atoms with Crippen molar-refractivity contribution in [2.24, 2.45) is 11.8 Å². The van der Waals surface area contributed by atoms with Crippen molar-refractivity contribution in [3.63, 3.8) is 0 Å². The zero-order valence-corrected chi connectivity index (χ0v) is 29.8. The fourth-order valence-corrected chi connectivity index (χ4v) is 16.0. The molecule has 0 heterocycles. The van der Waals surface area contributed by atoms with Gasteiger partial charge in [-0.05, 0) is 84.9 Å². The molecule has 0 amide bonds. The van der Waals surface area contributed by atoms with E-state index in [2.05, 4.69) is 73.9 Å². The van der Waals surface area contributed by atoms with Crippen LogP contribution in [0.4, 0.5) is 0 Å². The third kappa shape index (κ3) is 9.92. The number of carbonyl (C=O) groups excluding carboxylic acids is 1. The number of rotatable bonds is 18. The SMILES string of the molecule is CCCC[Si](C)(C)OC(CC)(CC)[Si](C)(C)OC(C)(C)[Si](C)(C)OCCCOC(=O)C1CC=CCC1C(=O)O. The Balaban J connectivity index is 2.78. The van der Waals surface area contributed by atoms with Crippen molar-refractivity contribution in [2.45, 2.75) is 135 Å². The lowest BCUT2D eigenvalue weighted by Gasteiger charge is -2.53. The van der Waals surface area contributed by atoms with Crippen molar-refractivity contribution in [3.05, 3.63) is 12.2 Å². The Kier molecular flexibility index (Phi) is 13.9. The topological polar surface area (TPSA) is 91.3 Å². The predicted octanol–water partition coefficient (Wildman–Crippen LogP) is 7.47. The third-order valence-corrected chi connectivity index (χ3v) is 19.7. The fourth-order valence-electron chi connectivity index (χ4n) is 5.59. The fraction of sp³-hybridized carbons (Fsp3) is 0.862. The number of carbonyl (C=O) groups is 2. The van der Waals surface area contributed by atoms with Crippen LogP contribution in [0.2, 0.25) is 45.3 Å². The van der Waals surface area contributed by atoms with Gasteiger partial charge in [0.05, 0.1) is 28.9 Å². The molecule has 0 saturated carbocycles. The number of ether oxygens (including phenoxy) is 1. The van der Waals surface area contributed by atoms with E-state index in [9.17, 15) is 14.7 Å². The van der Waals surface area contributed by atoms with Crippen molar-refractivity contribution in [1.82, 2.24) is 0 Å². The first kappa shape index (κ1) is 36.2. The van der Waals surface area contributed by atoms with Crippen LogP contribution in [-0.4, -0.2) is 65.7 Å². The molecule has 1 rings (SSSR count). The van der Waals surface area contributed by atoms with Crippen LogP contribution in [-0.2, 0) is 27.6 Å². The largest absolute Gasteiger partial charge is 0.481 e. The molecule has 0 fully saturated rings. The Morgan fingerprint density at radius 3 is 1.92 bits per heavy atom. The maximum Gasteiger partial charge on any atom is 0.310 e. The molecule has 2 atom stereocenters. The van der Waals surface area contributed by atoms with Gasteiger partial charge in [0.15, 0.2) is 8.32 Å². The van der Waals surface area contributed by atoms with Crippen LogP contribution < -0.4 is 0 Å². The molecule has 10 heteroatoms. The van der Waals surface area contributed by atoms with E-state index >= 15 is 0 Å². The number of aliphatic carboxylic acids is 1.